The minimum absolute atomic E-state index is 0.671. The van der Waals surface area contributed by atoms with Gasteiger partial charge in [0, 0.05) is 0 Å². The van der Waals surface area contributed by atoms with Crippen LogP contribution < -0.4 is 0 Å². The van der Waals surface area contributed by atoms with E-state index in [1.54, 1.807) is 0 Å². The first kappa shape index (κ1) is 6.00. The number of halogens is 1. The van der Waals surface area contributed by atoms with Crippen LogP contribution in [0.3, 0.4) is 0 Å². The van der Waals surface area contributed by atoms with E-state index in [9.17, 15) is 4.79 Å². The van der Waals surface area contributed by atoms with Gasteiger partial charge in [-0.05, 0) is 0 Å². The van der Waals surface area contributed by atoms with Crippen LogP contribution >= 0.6 is 23.0 Å². The first-order chi connectivity index (χ1) is 2.81. The molecule has 6 heavy (non-hydrogen) atoms. The fraction of sp³-hybridized carbons (Fsp3) is 0.500. The molecule has 0 aromatic heterocycles. The molecule has 0 N–H and O–H groups in total. The lowest BCUT2D eigenvalue weighted by Gasteiger charge is -1.86. The van der Waals surface area contributed by atoms with E-state index in [4.69, 9.17) is 0 Å². The second kappa shape index (κ2) is 3.20. The molecule has 0 rings (SSSR count). The Morgan fingerprint density at radius 3 is 2.33 bits per heavy atom. The van der Waals surface area contributed by atoms with E-state index in [0.717, 1.165) is 0 Å². The second-order valence-corrected chi connectivity index (χ2v) is 0.972. The summed E-state index contributed by atoms with van der Waals surface area (Å²) in [6.07, 6.45) is -0.671. The van der Waals surface area contributed by atoms with Crippen LogP contribution in [-0.4, -0.2) is 13.3 Å². The Hall–Kier alpha value is 0. The van der Waals surface area contributed by atoms with Crippen molar-refractivity contribution in [2.45, 2.75) is 0 Å². The Labute approximate surface area is 49.3 Å². The van der Waals surface area contributed by atoms with Crippen LogP contribution in [-0.2, 0) is 7.80 Å². The van der Waals surface area contributed by atoms with Crippen molar-refractivity contribution >= 4 is 29.2 Å². The van der Waals surface area contributed by atoms with E-state index in [2.05, 4.69) is 7.80 Å². The minimum Gasteiger partial charge on any atom is -0.437 e. The molecule has 0 radical (unpaired) electrons. The minimum atomic E-state index is -0.671. The summed E-state index contributed by atoms with van der Waals surface area (Å²) in [5.41, 5.74) is 0. The zero-order valence-electron chi connectivity index (χ0n) is 3.10. The molecular weight excluding hydrogens is 199 g/mol. The molecule has 0 saturated carbocycles. The quantitative estimate of drug-likeness (QED) is 0.436. The van der Waals surface area contributed by atoms with Crippen LogP contribution in [0.2, 0.25) is 0 Å². The molecule has 0 bridgehead atoms. The number of carbonyl (C=O) groups is 1. The maximum Gasteiger partial charge on any atom is 0.517 e. The van der Waals surface area contributed by atoms with E-state index in [1.165, 1.54) is 30.1 Å². The molecule has 0 fully saturated rings. The summed E-state index contributed by atoms with van der Waals surface area (Å²) in [5, 5.41) is 0. The molecule has 0 aliphatic carbocycles. The van der Waals surface area contributed by atoms with Gasteiger partial charge in [-0.3, -0.25) is 0 Å². The largest absolute Gasteiger partial charge is 0.517 e. The zero-order chi connectivity index (χ0) is 4.99. The maximum atomic E-state index is 9.73. The zero-order valence-corrected chi connectivity index (χ0v) is 5.26. The van der Waals surface area contributed by atoms with Crippen molar-refractivity contribution in [2.75, 3.05) is 7.11 Å². The van der Waals surface area contributed by atoms with E-state index < -0.39 is 6.16 Å². The summed E-state index contributed by atoms with van der Waals surface area (Å²) in [5.74, 6) is 0. The van der Waals surface area contributed by atoms with Gasteiger partial charge < -0.3 is 7.80 Å². The first-order valence-electron chi connectivity index (χ1n) is 1.17. The summed E-state index contributed by atoms with van der Waals surface area (Å²) in [6.45, 7) is 0. The van der Waals surface area contributed by atoms with Gasteiger partial charge in [-0.15, -0.1) is 0 Å². The van der Waals surface area contributed by atoms with Crippen LogP contribution in [0.15, 0.2) is 0 Å². The van der Waals surface area contributed by atoms with Crippen molar-refractivity contribution in [1.82, 2.24) is 0 Å². The molecular formula is C2H3IO3. The van der Waals surface area contributed by atoms with Crippen LogP contribution in [0, 0.1) is 0 Å². The van der Waals surface area contributed by atoms with Gasteiger partial charge >= 0.3 is 6.16 Å². The van der Waals surface area contributed by atoms with Gasteiger partial charge in [0.05, 0.1) is 7.11 Å². The third-order valence-corrected chi connectivity index (χ3v) is 0.589. The summed E-state index contributed by atoms with van der Waals surface area (Å²) < 4.78 is 8.04. The molecule has 0 aromatic rings. The molecule has 0 aromatic carbocycles. The molecule has 0 saturated heterocycles. The topological polar surface area (TPSA) is 35.5 Å². The van der Waals surface area contributed by atoms with E-state index in [-0.39, 0.29) is 0 Å². The summed E-state index contributed by atoms with van der Waals surface area (Å²) in [6, 6.07) is 0. The molecule has 36 valence electrons. The summed E-state index contributed by atoms with van der Waals surface area (Å²) in [4.78, 5) is 9.73. The lowest BCUT2D eigenvalue weighted by molar-refractivity contribution is 0.136. The highest BCUT2D eigenvalue weighted by atomic mass is 127. The fourth-order valence-electron chi connectivity index (χ4n) is 0.0315. The smallest absolute Gasteiger partial charge is 0.437 e. The average Bonchev–Trinajstić information content (AvgIpc) is 1.65. The first-order valence-corrected chi connectivity index (χ1v) is 2.06. The monoisotopic (exact) mass is 202 g/mol. The Balaban J connectivity index is 2.99. The van der Waals surface area contributed by atoms with Crippen LogP contribution in [0.25, 0.3) is 0 Å². The SMILES string of the molecule is COC(=O)OI. The number of rotatable bonds is 0. The average molecular weight is 202 g/mol. The number of carbonyl (C=O) groups excluding carboxylic acids is 1. The summed E-state index contributed by atoms with van der Waals surface area (Å²) in [7, 11) is 1.25. The third kappa shape index (κ3) is 2.25. The predicted octanol–water partition coefficient (Wildman–Crippen LogP) is 1.12. The molecule has 0 atom stereocenters. The van der Waals surface area contributed by atoms with Gasteiger partial charge in [0.1, 0.15) is 0 Å². The van der Waals surface area contributed by atoms with Crippen molar-refractivity contribution in [3.63, 3.8) is 0 Å². The number of methoxy groups -OCH3 is 1. The van der Waals surface area contributed by atoms with Crippen molar-refractivity contribution in [1.29, 1.82) is 0 Å². The standard InChI is InChI=1S/C2H3IO3/c1-5-2(4)6-3/h1H3. The van der Waals surface area contributed by atoms with Crippen molar-refractivity contribution in [2.24, 2.45) is 0 Å². The second-order valence-electron chi connectivity index (χ2n) is 0.531. The normalized spacial score (nSPS) is 7.00. The predicted molar refractivity (Wildman–Crippen MR) is 27.5 cm³/mol. The number of hydrogen-bond acceptors (Lipinski definition) is 3. The van der Waals surface area contributed by atoms with Crippen LogP contribution in [0.5, 0.6) is 0 Å². The molecule has 0 aliphatic rings. The number of hydrogen-bond donors (Lipinski definition) is 0. The van der Waals surface area contributed by atoms with Gasteiger partial charge in [-0.1, -0.05) is 0 Å². The van der Waals surface area contributed by atoms with Crippen molar-refractivity contribution < 1.29 is 12.6 Å². The number of ether oxygens (including phenoxy) is 1. The molecule has 0 amide bonds. The van der Waals surface area contributed by atoms with Crippen molar-refractivity contribution in [3.05, 3.63) is 0 Å². The molecule has 4 heteroatoms. The maximum absolute atomic E-state index is 9.73. The molecule has 0 aliphatic heterocycles. The van der Waals surface area contributed by atoms with Crippen LogP contribution in [0.1, 0.15) is 0 Å². The molecule has 0 heterocycles. The van der Waals surface area contributed by atoms with E-state index in [0.29, 0.717) is 0 Å². The Morgan fingerprint density at radius 2 is 2.33 bits per heavy atom. The van der Waals surface area contributed by atoms with E-state index in [1.807, 2.05) is 0 Å². The fourth-order valence-corrected chi connectivity index (χ4v) is 0.211. The van der Waals surface area contributed by atoms with E-state index >= 15 is 0 Å². The third-order valence-electron chi connectivity index (χ3n) is 0.230. The molecule has 0 spiro atoms. The Kier molecular flexibility index (Phi) is 3.20. The molecule has 0 unspecified atom stereocenters. The lowest BCUT2D eigenvalue weighted by atomic mass is 11.4. The Morgan fingerprint density at radius 1 is 1.83 bits per heavy atom. The summed E-state index contributed by atoms with van der Waals surface area (Å²) >= 11 is 1.44. The van der Waals surface area contributed by atoms with Gasteiger partial charge in [-0.2, -0.15) is 0 Å². The Bertz CT molecular complexity index is 46.8. The highest BCUT2D eigenvalue weighted by molar-refractivity contribution is 14.1. The van der Waals surface area contributed by atoms with Gasteiger partial charge in [-0.25, -0.2) is 4.79 Å². The van der Waals surface area contributed by atoms with Gasteiger partial charge in [0.2, 0.25) is 0 Å². The molecule has 3 nitrogen and oxygen atoms in total. The highest BCUT2D eigenvalue weighted by Crippen LogP contribution is 1.87. The van der Waals surface area contributed by atoms with Gasteiger partial charge in [0.15, 0.2) is 23.0 Å². The van der Waals surface area contributed by atoms with Crippen molar-refractivity contribution in [3.8, 4) is 0 Å². The van der Waals surface area contributed by atoms with Gasteiger partial charge in [0.25, 0.3) is 0 Å². The van der Waals surface area contributed by atoms with Crippen LogP contribution in [0.4, 0.5) is 4.79 Å². The highest BCUT2D eigenvalue weighted by Gasteiger charge is 1.91. The lowest BCUT2D eigenvalue weighted by Crippen LogP contribution is -1.93.